The van der Waals surface area contributed by atoms with Gasteiger partial charge in [-0.1, -0.05) is 29.8 Å². The van der Waals surface area contributed by atoms with E-state index in [2.05, 4.69) is 18.7 Å². The van der Waals surface area contributed by atoms with Crippen LogP contribution in [0.5, 0.6) is 0 Å². The highest BCUT2D eigenvalue weighted by Crippen LogP contribution is 2.21. The molecule has 0 saturated carbocycles. The van der Waals surface area contributed by atoms with Gasteiger partial charge in [0.1, 0.15) is 5.82 Å². The predicted molar refractivity (Wildman–Crippen MR) is 116 cm³/mol. The third kappa shape index (κ3) is 3.71. The van der Waals surface area contributed by atoms with Crippen molar-refractivity contribution in [2.45, 2.75) is 39.1 Å². The number of fused-ring (bicyclic) bond motifs is 1. The molecule has 9 heteroatoms. The van der Waals surface area contributed by atoms with Crippen molar-refractivity contribution in [3.8, 4) is 0 Å². The summed E-state index contributed by atoms with van der Waals surface area (Å²) in [6, 6.07) is 7.55. The summed E-state index contributed by atoms with van der Waals surface area (Å²) in [5, 5.41) is 0.626. The van der Waals surface area contributed by atoms with Crippen LogP contribution in [0.3, 0.4) is 0 Å². The number of benzene rings is 1. The molecular formula is C21H26ClN5O3. The Morgan fingerprint density at radius 1 is 1.07 bits per heavy atom. The molecule has 0 bridgehead atoms. The molecule has 0 radical (unpaired) electrons. The monoisotopic (exact) mass is 431 g/mol. The Labute approximate surface area is 179 Å². The van der Waals surface area contributed by atoms with Gasteiger partial charge in [0.25, 0.3) is 5.56 Å². The van der Waals surface area contributed by atoms with Gasteiger partial charge in [-0.2, -0.15) is 0 Å². The largest absolute Gasteiger partial charge is 0.373 e. The van der Waals surface area contributed by atoms with Crippen LogP contribution in [-0.4, -0.2) is 48.9 Å². The molecule has 8 nitrogen and oxygen atoms in total. The fourth-order valence-corrected chi connectivity index (χ4v) is 4.39. The molecule has 2 aromatic heterocycles. The second-order valence-corrected chi connectivity index (χ2v) is 8.44. The maximum atomic E-state index is 13.0. The molecule has 1 saturated heterocycles. The van der Waals surface area contributed by atoms with E-state index in [4.69, 9.17) is 21.3 Å². The average molecular weight is 432 g/mol. The topological polar surface area (TPSA) is 74.3 Å². The van der Waals surface area contributed by atoms with Crippen molar-refractivity contribution in [1.82, 2.24) is 23.6 Å². The van der Waals surface area contributed by atoms with Crippen molar-refractivity contribution in [3.63, 3.8) is 0 Å². The van der Waals surface area contributed by atoms with E-state index in [9.17, 15) is 9.59 Å². The van der Waals surface area contributed by atoms with Crippen LogP contribution in [0.4, 0.5) is 0 Å². The Kier molecular flexibility index (Phi) is 5.57. The Balaban J connectivity index is 1.87. The average Bonchev–Trinajstić information content (AvgIpc) is 3.04. The van der Waals surface area contributed by atoms with Gasteiger partial charge >= 0.3 is 5.69 Å². The van der Waals surface area contributed by atoms with Gasteiger partial charge in [-0.25, -0.2) is 9.78 Å². The standard InChI is InChI=1S/C21H26ClN5O3/c1-13-9-26(10-14(2)30-13)12-17-23-19-18(20(28)25(4)21(29)24(19)3)27(17)11-15-7-5-6-8-16(15)22/h5-8,13-14H,9-12H2,1-4H3/t13-,14-/m0/s1. The minimum atomic E-state index is -0.393. The summed E-state index contributed by atoms with van der Waals surface area (Å²) in [7, 11) is 3.13. The molecule has 3 heterocycles. The molecule has 1 aliphatic rings. The van der Waals surface area contributed by atoms with Crippen LogP contribution in [0.15, 0.2) is 33.9 Å². The highest BCUT2D eigenvalue weighted by Gasteiger charge is 2.26. The van der Waals surface area contributed by atoms with Gasteiger partial charge in [0.2, 0.25) is 0 Å². The molecule has 160 valence electrons. The van der Waals surface area contributed by atoms with Crippen molar-refractivity contribution < 1.29 is 4.74 Å². The number of ether oxygens (including phenoxy) is 1. The Morgan fingerprint density at radius 2 is 1.73 bits per heavy atom. The molecule has 0 spiro atoms. The number of hydrogen-bond acceptors (Lipinski definition) is 5. The lowest BCUT2D eigenvalue weighted by Gasteiger charge is -2.35. The van der Waals surface area contributed by atoms with E-state index < -0.39 is 5.69 Å². The molecule has 30 heavy (non-hydrogen) atoms. The zero-order chi connectivity index (χ0) is 21.6. The minimum absolute atomic E-state index is 0.118. The van der Waals surface area contributed by atoms with E-state index in [0.717, 1.165) is 29.0 Å². The fraction of sp³-hybridized carbons (Fsp3) is 0.476. The number of rotatable bonds is 4. The second kappa shape index (κ2) is 8.02. The SMILES string of the molecule is C[C@H]1CN(Cc2nc3c(c(=O)n(C)c(=O)n3C)n2Cc2ccccc2Cl)C[C@H](C)O1. The smallest absolute Gasteiger partial charge is 0.332 e. The highest BCUT2D eigenvalue weighted by atomic mass is 35.5. The third-order valence-electron chi connectivity index (χ3n) is 5.57. The minimum Gasteiger partial charge on any atom is -0.373 e. The molecule has 2 atom stereocenters. The molecule has 1 aliphatic heterocycles. The zero-order valence-corrected chi connectivity index (χ0v) is 18.4. The summed E-state index contributed by atoms with van der Waals surface area (Å²) in [4.78, 5) is 32.5. The van der Waals surface area contributed by atoms with E-state index >= 15 is 0 Å². The first-order chi connectivity index (χ1) is 14.3. The molecule has 0 aliphatic carbocycles. The summed E-state index contributed by atoms with van der Waals surface area (Å²) in [5.41, 5.74) is 0.931. The van der Waals surface area contributed by atoms with Crippen LogP contribution in [0.1, 0.15) is 25.2 Å². The first-order valence-electron chi connectivity index (χ1n) is 10.0. The van der Waals surface area contributed by atoms with E-state index in [-0.39, 0.29) is 17.8 Å². The fourth-order valence-electron chi connectivity index (χ4n) is 4.19. The van der Waals surface area contributed by atoms with Crippen LogP contribution in [0.2, 0.25) is 5.02 Å². The summed E-state index contributed by atoms with van der Waals surface area (Å²) in [6.45, 7) is 6.60. The van der Waals surface area contributed by atoms with Gasteiger partial charge in [0.15, 0.2) is 11.2 Å². The molecule has 0 N–H and O–H groups in total. The second-order valence-electron chi connectivity index (χ2n) is 8.03. The summed E-state index contributed by atoms with van der Waals surface area (Å²) >= 11 is 6.40. The van der Waals surface area contributed by atoms with E-state index in [1.807, 2.05) is 28.8 Å². The number of aromatic nitrogens is 4. The van der Waals surface area contributed by atoms with Crippen molar-refractivity contribution in [2.24, 2.45) is 14.1 Å². The predicted octanol–water partition coefficient (Wildman–Crippen LogP) is 1.74. The number of halogens is 1. The van der Waals surface area contributed by atoms with Gasteiger partial charge in [-0.3, -0.25) is 18.8 Å². The molecule has 1 fully saturated rings. The van der Waals surface area contributed by atoms with Gasteiger partial charge < -0.3 is 9.30 Å². The normalized spacial score (nSPS) is 20.2. The molecule has 4 rings (SSSR count). The molecule has 3 aromatic rings. The lowest BCUT2D eigenvalue weighted by atomic mass is 10.2. The maximum Gasteiger partial charge on any atom is 0.332 e. The number of morpholine rings is 1. The number of aryl methyl sites for hydroxylation is 1. The lowest BCUT2D eigenvalue weighted by Crippen LogP contribution is -2.45. The van der Waals surface area contributed by atoms with Crippen molar-refractivity contribution >= 4 is 22.8 Å². The van der Waals surface area contributed by atoms with Crippen LogP contribution in [0, 0.1) is 0 Å². The van der Waals surface area contributed by atoms with Crippen LogP contribution >= 0.6 is 11.6 Å². The van der Waals surface area contributed by atoms with Gasteiger partial charge in [-0.15, -0.1) is 0 Å². The van der Waals surface area contributed by atoms with Crippen LogP contribution < -0.4 is 11.2 Å². The van der Waals surface area contributed by atoms with Gasteiger partial charge in [0.05, 0.1) is 25.3 Å². The van der Waals surface area contributed by atoms with Gasteiger partial charge in [0, 0.05) is 32.2 Å². The van der Waals surface area contributed by atoms with E-state index in [1.54, 1.807) is 7.05 Å². The number of hydrogen-bond donors (Lipinski definition) is 0. The summed E-state index contributed by atoms with van der Waals surface area (Å²) in [5.74, 6) is 0.726. The molecule has 1 aromatic carbocycles. The number of nitrogens with zero attached hydrogens (tertiary/aromatic N) is 5. The van der Waals surface area contributed by atoms with Gasteiger partial charge in [-0.05, 0) is 25.5 Å². The van der Waals surface area contributed by atoms with Crippen LogP contribution in [0.25, 0.3) is 11.2 Å². The zero-order valence-electron chi connectivity index (χ0n) is 17.6. The highest BCUT2D eigenvalue weighted by molar-refractivity contribution is 6.31. The molecule has 0 amide bonds. The number of imidazole rings is 1. The maximum absolute atomic E-state index is 13.0. The first-order valence-corrected chi connectivity index (χ1v) is 10.4. The Morgan fingerprint density at radius 3 is 2.40 bits per heavy atom. The summed E-state index contributed by atoms with van der Waals surface area (Å²) < 4.78 is 10.3. The lowest BCUT2D eigenvalue weighted by molar-refractivity contribution is -0.0712. The van der Waals surface area contributed by atoms with Crippen molar-refractivity contribution in [2.75, 3.05) is 13.1 Å². The van der Waals surface area contributed by atoms with Crippen molar-refractivity contribution in [3.05, 3.63) is 61.5 Å². The quantitative estimate of drug-likeness (QED) is 0.629. The molecule has 0 unspecified atom stereocenters. The summed E-state index contributed by atoms with van der Waals surface area (Å²) in [6.07, 6.45) is 0.236. The first kappa shape index (κ1) is 20.8. The third-order valence-corrected chi connectivity index (χ3v) is 5.94. The Hall–Kier alpha value is -2.42. The van der Waals surface area contributed by atoms with Crippen LogP contribution in [-0.2, 0) is 31.9 Å². The molecular weight excluding hydrogens is 406 g/mol. The van der Waals surface area contributed by atoms with E-state index in [1.165, 1.54) is 11.6 Å². The van der Waals surface area contributed by atoms with Crippen molar-refractivity contribution in [1.29, 1.82) is 0 Å². The van der Waals surface area contributed by atoms with E-state index in [0.29, 0.717) is 29.3 Å². The Bertz CT molecular complexity index is 1200.